The predicted octanol–water partition coefficient (Wildman–Crippen LogP) is 3.06. The summed E-state index contributed by atoms with van der Waals surface area (Å²) >= 11 is 0. The minimum absolute atomic E-state index is 0.361. The number of rotatable bonds is 2. The van der Waals surface area contributed by atoms with E-state index in [-0.39, 0.29) is 0 Å². The fourth-order valence-corrected chi connectivity index (χ4v) is 3.33. The third-order valence-electron chi connectivity index (χ3n) is 4.59. The summed E-state index contributed by atoms with van der Waals surface area (Å²) in [6, 6.07) is 0.461. The second kappa shape index (κ2) is 4.45. The van der Waals surface area contributed by atoms with Gasteiger partial charge in [0.15, 0.2) is 0 Å². The largest absolute Gasteiger partial charge is 0.344 e. The second-order valence-electron chi connectivity index (χ2n) is 5.95. The van der Waals surface area contributed by atoms with Crippen LogP contribution in [0.25, 0.3) is 0 Å². The highest BCUT2D eigenvalue weighted by Crippen LogP contribution is 2.40. The standard InChI is InChI=1S/C14H23N3/c1-14(7-3-4-8-14)12-10-16-13(17-12)11-6-2-5-9-15-11/h10-11,15H,2-9H2,1H3,(H,16,17). The van der Waals surface area contributed by atoms with Crippen molar-refractivity contribution in [3.8, 4) is 0 Å². The van der Waals surface area contributed by atoms with Gasteiger partial charge >= 0.3 is 0 Å². The molecule has 2 aliphatic rings. The third kappa shape index (κ3) is 2.13. The van der Waals surface area contributed by atoms with Crippen molar-refractivity contribution in [2.75, 3.05) is 6.54 Å². The first kappa shape index (κ1) is 11.3. The molecule has 3 nitrogen and oxygen atoms in total. The van der Waals surface area contributed by atoms with Gasteiger partial charge in [-0.2, -0.15) is 0 Å². The molecule has 3 rings (SSSR count). The van der Waals surface area contributed by atoms with Gasteiger partial charge in [-0.3, -0.25) is 0 Å². The maximum Gasteiger partial charge on any atom is 0.123 e. The van der Waals surface area contributed by atoms with Gasteiger partial charge in [0.25, 0.3) is 0 Å². The van der Waals surface area contributed by atoms with Crippen LogP contribution < -0.4 is 5.32 Å². The van der Waals surface area contributed by atoms with Gasteiger partial charge in [-0.15, -0.1) is 0 Å². The van der Waals surface area contributed by atoms with Gasteiger partial charge in [0, 0.05) is 17.3 Å². The van der Waals surface area contributed by atoms with Crippen molar-refractivity contribution in [2.24, 2.45) is 0 Å². The van der Waals surface area contributed by atoms with E-state index in [1.165, 1.54) is 50.6 Å². The molecule has 3 heteroatoms. The number of H-pyrrole nitrogens is 1. The number of hydrogen-bond acceptors (Lipinski definition) is 2. The molecule has 0 bridgehead atoms. The van der Waals surface area contributed by atoms with E-state index in [2.05, 4.69) is 28.4 Å². The Morgan fingerprint density at radius 2 is 2.06 bits per heavy atom. The van der Waals surface area contributed by atoms with Crippen LogP contribution in [0.3, 0.4) is 0 Å². The van der Waals surface area contributed by atoms with Gasteiger partial charge in [0.2, 0.25) is 0 Å². The zero-order valence-electron chi connectivity index (χ0n) is 10.8. The lowest BCUT2D eigenvalue weighted by molar-refractivity contribution is 0.397. The van der Waals surface area contributed by atoms with E-state index < -0.39 is 0 Å². The molecule has 2 N–H and O–H groups in total. The highest BCUT2D eigenvalue weighted by Gasteiger charge is 2.32. The zero-order valence-corrected chi connectivity index (χ0v) is 10.8. The molecule has 1 saturated heterocycles. The average molecular weight is 233 g/mol. The van der Waals surface area contributed by atoms with Gasteiger partial charge in [0.1, 0.15) is 5.82 Å². The van der Waals surface area contributed by atoms with E-state index in [4.69, 9.17) is 0 Å². The molecule has 1 aliphatic heterocycles. The Morgan fingerprint density at radius 1 is 1.24 bits per heavy atom. The van der Waals surface area contributed by atoms with Crippen LogP contribution in [0.15, 0.2) is 6.20 Å². The van der Waals surface area contributed by atoms with Crippen LogP contribution in [0.4, 0.5) is 0 Å². The Hall–Kier alpha value is -0.830. The van der Waals surface area contributed by atoms with Crippen LogP contribution in [0.2, 0.25) is 0 Å². The quantitative estimate of drug-likeness (QED) is 0.824. The van der Waals surface area contributed by atoms with Crippen molar-refractivity contribution >= 4 is 0 Å². The Bertz CT molecular complexity index is 371. The minimum Gasteiger partial charge on any atom is -0.344 e. The van der Waals surface area contributed by atoms with Gasteiger partial charge in [-0.05, 0) is 32.2 Å². The van der Waals surface area contributed by atoms with Crippen LogP contribution >= 0.6 is 0 Å². The van der Waals surface area contributed by atoms with E-state index in [1.54, 1.807) is 0 Å². The Labute approximate surface area is 103 Å². The minimum atomic E-state index is 0.361. The molecule has 0 aromatic carbocycles. The molecule has 2 heterocycles. The van der Waals surface area contributed by atoms with Crippen molar-refractivity contribution in [3.05, 3.63) is 17.7 Å². The fraction of sp³-hybridized carbons (Fsp3) is 0.786. The lowest BCUT2D eigenvalue weighted by Gasteiger charge is -2.23. The van der Waals surface area contributed by atoms with E-state index in [1.807, 2.05) is 0 Å². The molecular weight excluding hydrogens is 210 g/mol. The van der Waals surface area contributed by atoms with Crippen molar-refractivity contribution in [3.63, 3.8) is 0 Å². The smallest absolute Gasteiger partial charge is 0.123 e. The van der Waals surface area contributed by atoms with Gasteiger partial charge in [-0.1, -0.05) is 26.2 Å². The third-order valence-corrected chi connectivity index (χ3v) is 4.59. The lowest BCUT2D eigenvalue weighted by Crippen LogP contribution is -2.27. The van der Waals surface area contributed by atoms with Gasteiger partial charge < -0.3 is 10.3 Å². The monoisotopic (exact) mass is 233 g/mol. The zero-order chi connectivity index (χ0) is 11.7. The van der Waals surface area contributed by atoms with Crippen molar-refractivity contribution in [1.82, 2.24) is 15.3 Å². The SMILES string of the molecule is CC1(c2cnc(C3CCCCN3)[nH]2)CCCC1. The number of piperidine rings is 1. The predicted molar refractivity (Wildman–Crippen MR) is 69.0 cm³/mol. The number of nitrogens with one attached hydrogen (secondary N) is 2. The normalized spacial score (nSPS) is 28.4. The van der Waals surface area contributed by atoms with E-state index in [0.29, 0.717) is 11.5 Å². The Balaban J connectivity index is 1.77. The van der Waals surface area contributed by atoms with Crippen LogP contribution in [-0.4, -0.2) is 16.5 Å². The average Bonchev–Trinajstić information content (AvgIpc) is 2.99. The first-order valence-corrected chi connectivity index (χ1v) is 7.07. The Morgan fingerprint density at radius 3 is 2.76 bits per heavy atom. The highest BCUT2D eigenvalue weighted by molar-refractivity contribution is 5.17. The summed E-state index contributed by atoms with van der Waals surface area (Å²) in [5.41, 5.74) is 1.72. The molecular formula is C14H23N3. The molecule has 0 spiro atoms. The lowest BCUT2D eigenvalue weighted by atomic mass is 9.86. The number of hydrogen-bond donors (Lipinski definition) is 2. The number of aromatic nitrogens is 2. The number of aromatic amines is 1. The van der Waals surface area contributed by atoms with Gasteiger partial charge in [0.05, 0.1) is 6.04 Å². The maximum absolute atomic E-state index is 4.61. The van der Waals surface area contributed by atoms with Crippen LogP contribution in [0.5, 0.6) is 0 Å². The summed E-state index contributed by atoms with van der Waals surface area (Å²) in [6.07, 6.45) is 11.3. The summed E-state index contributed by atoms with van der Waals surface area (Å²) in [7, 11) is 0. The molecule has 1 atom stereocenters. The van der Waals surface area contributed by atoms with Crippen molar-refractivity contribution in [1.29, 1.82) is 0 Å². The summed E-state index contributed by atoms with van der Waals surface area (Å²) in [5, 5.41) is 3.56. The molecule has 1 unspecified atom stereocenters. The van der Waals surface area contributed by atoms with Crippen molar-refractivity contribution < 1.29 is 0 Å². The highest BCUT2D eigenvalue weighted by atomic mass is 15.0. The topological polar surface area (TPSA) is 40.7 Å². The van der Waals surface area contributed by atoms with E-state index >= 15 is 0 Å². The molecule has 1 saturated carbocycles. The van der Waals surface area contributed by atoms with Crippen LogP contribution in [-0.2, 0) is 5.41 Å². The number of nitrogens with zero attached hydrogens (tertiary/aromatic N) is 1. The molecule has 1 aromatic heterocycles. The molecule has 2 fully saturated rings. The van der Waals surface area contributed by atoms with Gasteiger partial charge in [-0.25, -0.2) is 4.98 Å². The molecule has 1 aliphatic carbocycles. The first-order valence-electron chi connectivity index (χ1n) is 7.07. The summed E-state index contributed by atoms with van der Waals surface area (Å²) in [6.45, 7) is 3.52. The molecule has 94 valence electrons. The molecule has 0 radical (unpaired) electrons. The van der Waals surface area contributed by atoms with Crippen LogP contribution in [0.1, 0.15) is 69.4 Å². The second-order valence-corrected chi connectivity index (χ2v) is 5.95. The van der Waals surface area contributed by atoms with Crippen molar-refractivity contribution in [2.45, 2.75) is 63.3 Å². The molecule has 17 heavy (non-hydrogen) atoms. The summed E-state index contributed by atoms with van der Waals surface area (Å²) in [4.78, 5) is 8.20. The summed E-state index contributed by atoms with van der Waals surface area (Å²) in [5.74, 6) is 1.16. The summed E-state index contributed by atoms with van der Waals surface area (Å²) < 4.78 is 0. The molecule has 1 aromatic rings. The van der Waals surface area contributed by atoms with E-state index in [0.717, 1.165) is 12.4 Å². The number of imidazole rings is 1. The first-order chi connectivity index (χ1) is 8.28. The van der Waals surface area contributed by atoms with E-state index in [9.17, 15) is 0 Å². The fourth-order valence-electron chi connectivity index (χ4n) is 3.33. The Kier molecular flexibility index (Phi) is 2.95. The molecule has 0 amide bonds. The van der Waals surface area contributed by atoms with Crippen LogP contribution in [0, 0.1) is 0 Å². The maximum atomic E-state index is 4.61.